The van der Waals surface area contributed by atoms with Crippen LogP contribution in [0.25, 0.3) is 0 Å². The SMILES string of the molecule is Cc1ccc(C)c(C(N)Cc2nccn2C)c1. The van der Waals surface area contributed by atoms with Crippen LogP contribution in [-0.4, -0.2) is 9.55 Å². The van der Waals surface area contributed by atoms with Gasteiger partial charge < -0.3 is 10.3 Å². The lowest BCUT2D eigenvalue weighted by molar-refractivity contribution is 0.656. The summed E-state index contributed by atoms with van der Waals surface area (Å²) < 4.78 is 2.02. The van der Waals surface area contributed by atoms with Crippen LogP contribution < -0.4 is 5.73 Å². The summed E-state index contributed by atoms with van der Waals surface area (Å²) in [6, 6.07) is 6.43. The fourth-order valence-electron chi connectivity index (χ4n) is 2.06. The minimum Gasteiger partial charge on any atom is -0.338 e. The first-order valence-electron chi connectivity index (χ1n) is 5.87. The Kier molecular flexibility index (Phi) is 3.29. The standard InChI is InChI=1S/C14H19N3/c1-10-4-5-11(2)12(8-10)13(15)9-14-16-6-7-17(14)3/h4-8,13H,9,15H2,1-3H3. The molecule has 0 radical (unpaired) electrons. The number of imidazole rings is 1. The molecule has 0 bridgehead atoms. The van der Waals surface area contributed by atoms with E-state index in [2.05, 4.69) is 37.0 Å². The highest BCUT2D eigenvalue weighted by atomic mass is 15.0. The van der Waals surface area contributed by atoms with Gasteiger partial charge >= 0.3 is 0 Å². The highest BCUT2D eigenvalue weighted by Gasteiger charge is 2.12. The molecule has 90 valence electrons. The zero-order valence-electron chi connectivity index (χ0n) is 10.6. The molecule has 0 amide bonds. The molecular weight excluding hydrogens is 210 g/mol. The van der Waals surface area contributed by atoms with E-state index in [4.69, 9.17) is 5.73 Å². The smallest absolute Gasteiger partial charge is 0.110 e. The molecule has 0 saturated carbocycles. The van der Waals surface area contributed by atoms with Gasteiger partial charge in [0.15, 0.2) is 0 Å². The van der Waals surface area contributed by atoms with Gasteiger partial charge in [-0.05, 0) is 25.0 Å². The van der Waals surface area contributed by atoms with E-state index in [1.807, 2.05) is 24.0 Å². The summed E-state index contributed by atoms with van der Waals surface area (Å²) in [5, 5.41) is 0. The summed E-state index contributed by atoms with van der Waals surface area (Å²) in [6.07, 6.45) is 4.53. The lowest BCUT2D eigenvalue weighted by atomic mass is 9.97. The number of aryl methyl sites for hydroxylation is 3. The van der Waals surface area contributed by atoms with E-state index < -0.39 is 0 Å². The van der Waals surface area contributed by atoms with E-state index >= 15 is 0 Å². The first-order chi connectivity index (χ1) is 8.08. The zero-order chi connectivity index (χ0) is 12.4. The van der Waals surface area contributed by atoms with Gasteiger partial charge in [-0.1, -0.05) is 23.8 Å². The Hall–Kier alpha value is -1.61. The second-order valence-corrected chi connectivity index (χ2v) is 4.63. The molecule has 1 heterocycles. The normalized spacial score (nSPS) is 12.7. The zero-order valence-corrected chi connectivity index (χ0v) is 10.6. The summed E-state index contributed by atoms with van der Waals surface area (Å²) >= 11 is 0. The van der Waals surface area contributed by atoms with Crippen molar-refractivity contribution in [1.29, 1.82) is 0 Å². The van der Waals surface area contributed by atoms with E-state index in [1.165, 1.54) is 16.7 Å². The third kappa shape index (κ3) is 2.56. The van der Waals surface area contributed by atoms with Gasteiger partial charge in [0, 0.05) is 31.9 Å². The predicted molar refractivity (Wildman–Crippen MR) is 69.8 cm³/mol. The van der Waals surface area contributed by atoms with Crippen LogP contribution in [0.5, 0.6) is 0 Å². The van der Waals surface area contributed by atoms with E-state index in [9.17, 15) is 0 Å². The maximum absolute atomic E-state index is 6.27. The highest BCUT2D eigenvalue weighted by molar-refractivity contribution is 5.33. The largest absolute Gasteiger partial charge is 0.338 e. The number of hydrogen-bond donors (Lipinski definition) is 1. The molecule has 2 aromatic rings. The van der Waals surface area contributed by atoms with Crippen molar-refractivity contribution in [1.82, 2.24) is 9.55 Å². The van der Waals surface area contributed by atoms with Crippen molar-refractivity contribution < 1.29 is 0 Å². The third-order valence-electron chi connectivity index (χ3n) is 3.16. The summed E-state index contributed by atoms with van der Waals surface area (Å²) in [5.74, 6) is 1.03. The monoisotopic (exact) mass is 229 g/mol. The fraction of sp³-hybridized carbons (Fsp3) is 0.357. The number of nitrogens with two attached hydrogens (primary N) is 1. The molecule has 0 saturated heterocycles. The van der Waals surface area contributed by atoms with Crippen molar-refractivity contribution in [2.45, 2.75) is 26.3 Å². The van der Waals surface area contributed by atoms with E-state index in [-0.39, 0.29) is 6.04 Å². The molecule has 0 fully saturated rings. The summed E-state index contributed by atoms with van der Waals surface area (Å²) in [5.41, 5.74) is 9.99. The quantitative estimate of drug-likeness (QED) is 0.877. The fourth-order valence-corrected chi connectivity index (χ4v) is 2.06. The van der Waals surface area contributed by atoms with Crippen molar-refractivity contribution >= 4 is 0 Å². The molecule has 1 aromatic carbocycles. The number of rotatable bonds is 3. The minimum atomic E-state index is 0.0102. The molecule has 1 atom stereocenters. The maximum atomic E-state index is 6.27. The lowest BCUT2D eigenvalue weighted by Crippen LogP contribution is -2.17. The first kappa shape index (κ1) is 11.9. The van der Waals surface area contributed by atoms with Crippen LogP contribution in [0.1, 0.15) is 28.6 Å². The van der Waals surface area contributed by atoms with E-state index in [1.54, 1.807) is 0 Å². The Balaban J connectivity index is 2.23. The van der Waals surface area contributed by atoms with Crippen molar-refractivity contribution in [2.24, 2.45) is 12.8 Å². The van der Waals surface area contributed by atoms with Gasteiger partial charge in [0.25, 0.3) is 0 Å². The molecular formula is C14H19N3. The summed E-state index contributed by atoms with van der Waals surface area (Å²) in [4.78, 5) is 4.32. The van der Waals surface area contributed by atoms with Crippen LogP contribution in [0.4, 0.5) is 0 Å². The minimum absolute atomic E-state index is 0.0102. The van der Waals surface area contributed by atoms with Crippen LogP contribution >= 0.6 is 0 Å². The first-order valence-corrected chi connectivity index (χ1v) is 5.87. The van der Waals surface area contributed by atoms with Gasteiger partial charge in [-0.25, -0.2) is 4.98 Å². The molecule has 17 heavy (non-hydrogen) atoms. The van der Waals surface area contributed by atoms with Crippen molar-refractivity contribution in [3.8, 4) is 0 Å². The van der Waals surface area contributed by atoms with Gasteiger partial charge in [-0.3, -0.25) is 0 Å². The van der Waals surface area contributed by atoms with Crippen LogP contribution in [0.15, 0.2) is 30.6 Å². The molecule has 1 unspecified atom stereocenters. The molecule has 0 aliphatic rings. The molecule has 2 rings (SSSR count). The Bertz CT molecular complexity index is 514. The average molecular weight is 229 g/mol. The molecule has 3 nitrogen and oxygen atoms in total. The van der Waals surface area contributed by atoms with Crippen LogP contribution in [0.2, 0.25) is 0 Å². The highest BCUT2D eigenvalue weighted by Crippen LogP contribution is 2.20. The second-order valence-electron chi connectivity index (χ2n) is 4.63. The Labute approximate surface area is 102 Å². The predicted octanol–water partition coefficient (Wildman–Crippen LogP) is 2.28. The van der Waals surface area contributed by atoms with E-state index in [0.717, 1.165) is 12.2 Å². The summed E-state index contributed by atoms with van der Waals surface area (Å²) in [7, 11) is 2.00. The molecule has 3 heteroatoms. The molecule has 0 spiro atoms. The van der Waals surface area contributed by atoms with Gasteiger partial charge in [0.1, 0.15) is 5.82 Å². The second kappa shape index (κ2) is 4.72. The number of nitrogens with zero attached hydrogens (tertiary/aromatic N) is 2. The van der Waals surface area contributed by atoms with Gasteiger partial charge in [-0.15, -0.1) is 0 Å². The number of aromatic nitrogens is 2. The molecule has 0 aliphatic heterocycles. The van der Waals surface area contributed by atoms with Crippen molar-refractivity contribution in [2.75, 3.05) is 0 Å². The Morgan fingerprint density at radius 3 is 2.76 bits per heavy atom. The van der Waals surface area contributed by atoms with Gasteiger partial charge in [-0.2, -0.15) is 0 Å². The van der Waals surface area contributed by atoms with Gasteiger partial charge in [0.2, 0.25) is 0 Å². The lowest BCUT2D eigenvalue weighted by Gasteiger charge is -2.15. The number of hydrogen-bond acceptors (Lipinski definition) is 2. The van der Waals surface area contributed by atoms with Crippen LogP contribution in [0.3, 0.4) is 0 Å². The van der Waals surface area contributed by atoms with Crippen molar-refractivity contribution in [3.05, 3.63) is 53.1 Å². The molecule has 1 aromatic heterocycles. The van der Waals surface area contributed by atoms with Crippen LogP contribution in [0, 0.1) is 13.8 Å². The van der Waals surface area contributed by atoms with Crippen LogP contribution in [-0.2, 0) is 13.5 Å². The molecule has 0 aliphatic carbocycles. The number of benzene rings is 1. The summed E-state index contributed by atoms with van der Waals surface area (Å²) in [6.45, 7) is 4.20. The maximum Gasteiger partial charge on any atom is 0.110 e. The molecule has 2 N–H and O–H groups in total. The topological polar surface area (TPSA) is 43.8 Å². The van der Waals surface area contributed by atoms with Crippen molar-refractivity contribution in [3.63, 3.8) is 0 Å². The third-order valence-corrected chi connectivity index (χ3v) is 3.16. The Morgan fingerprint density at radius 1 is 1.35 bits per heavy atom. The average Bonchev–Trinajstić information content (AvgIpc) is 2.68. The van der Waals surface area contributed by atoms with Gasteiger partial charge in [0.05, 0.1) is 0 Å². The Morgan fingerprint density at radius 2 is 2.12 bits per heavy atom. The van der Waals surface area contributed by atoms with E-state index in [0.29, 0.717) is 0 Å².